The summed E-state index contributed by atoms with van der Waals surface area (Å²) in [7, 11) is 1.67. The molecular weight excluding hydrogens is 220 g/mol. The summed E-state index contributed by atoms with van der Waals surface area (Å²) in [6.07, 6.45) is 2.01. The lowest BCUT2D eigenvalue weighted by Gasteiger charge is -1.98. The van der Waals surface area contributed by atoms with Crippen LogP contribution in [-0.2, 0) is 4.79 Å². The number of allylic oxidation sites excluding steroid dienone is 2. The SMILES string of the molecule is C=C1CC(=O)N/C1=C(\Br)C=NC. The summed E-state index contributed by atoms with van der Waals surface area (Å²) >= 11 is 3.29. The third-order valence-corrected chi connectivity index (χ3v) is 2.07. The molecule has 0 aromatic heterocycles. The summed E-state index contributed by atoms with van der Waals surface area (Å²) in [6.45, 7) is 3.76. The Bertz CT molecular complexity index is 291. The first-order valence-electron chi connectivity index (χ1n) is 3.45. The summed E-state index contributed by atoms with van der Waals surface area (Å²) in [5.74, 6) is -0.0172. The van der Waals surface area contributed by atoms with Crippen LogP contribution in [-0.4, -0.2) is 19.2 Å². The fraction of sp³-hybridized carbons (Fsp3) is 0.250. The Balaban J connectivity index is 2.95. The second kappa shape index (κ2) is 3.67. The molecule has 1 fully saturated rings. The number of halogens is 1. The fourth-order valence-corrected chi connectivity index (χ4v) is 1.54. The van der Waals surface area contributed by atoms with Gasteiger partial charge in [0.1, 0.15) is 0 Å². The Kier molecular flexibility index (Phi) is 2.81. The van der Waals surface area contributed by atoms with Gasteiger partial charge in [0.2, 0.25) is 5.91 Å². The molecule has 12 heavy (non-hydrogen) atoms. The van der Waals surface area contributed by atoms with E-state index in [0.29, 0.717) is 6.42 Å². The van der Waals surface area contributed by atoms with Gasteiger partial charge in [-0.05, 0) is 21.5 Å². The maximum Gasteiger partial charge on any atom is 0.228 e. The smallest absolute Gasteiger partial charge is 0.228 e. The van der Waals surface area contributed by atoms with Gasteiger partial charge in [0, 0.05) is 13.3 Å². The molecule has 1 heterocycles. The van der Waals surface area contributed by atoms with Gasteiger partial charge in [-0.15, -0.1) is 0 Å². The molecule has 64 valence electrons. The number of hydrogen-bond acceptors (Lipinski definition) is 2. The zero-order valence-corrected chi connectivity index (χ0v) is 8.31. The Morgan fingerprint density at radius 3 is 2.92 bits per heavy atom. The van der Waals surface area contributed by atoms with Crippen LogP contribution in [0.1, 0.15) is 6.42 Å². The number of carbonyl (C=O) groups is 1. The molecule has 0 aliphatic carbocycles. The monoisotopic (exact) mass is 228 g/mol. The topological polar surface area (TPSA) is 41.5 Å². The van der Waals surface area contributed by atoms with Crippen LogP contribution in [0.2, 0.25) is 0 Å². The maximum atomic E-state index is 10.9. The molecular formula is C8H9BrN2O. The van der Waals surface area contributed by atoms with Crippen molar-refractivity contribution in [2.24, 2.45) is 4.99 Å². The number of rotatable bonds is 1. The van der Waals surface area contributed by atoms with Crippen molar-refractivity contribution >= 4 is 28.1 Å². The normalized spacial score (nSPS) is 21.8. The Labute approximate surface area is 79.4 Å². The van der Waals surface area contributed by atoms with Gasteiger partial charge >= 0.3 is 0 Å². The number of hydrogen-bond donors (Lipinski definition) is 1. The standard InChI is InChI=1S/C8H9BrN2O/c1-5-3-7(12)11-8(5)6(9)4-10-2/h4H,1,3H2,2H3,(H,11,12)/b8-6-,10-4?. The number of nitrogens with zero attached hydrogens (tertiary/aromatic N) is 1. The fourth-order valence-electron chi connectivity index (χ4n) is 0.961. The van der Waals surface area contributed by atoms with E-state index >= 15 is 0 Å². The first kappa shape index (κ1) is 9.19. The van der Waals surface area contributed by atoms with Crippen molar-refractivity contribution in [2.75, 3.05) is 7.05 Å². The van der Waals surface area contributed by atoms with E-state index < -0.39 is 0 Å². The van der Waals surface area contributed by atoms with E-state index in [9.17, 15) is 4.79 Å². The summed E-state index contributed by atoms with van der Waals surface area (Å²) in [4.78, 5) is 14.7. The van der Waals surface area contributed by atoms with Crippen LogP contribution < -0.4 is 5.32 Å². The Morgan fingerprint density at radius 1 is 1.83 bits per heavy atom. The lowest BCUT2D eigenvalue weighted by atomic mass is 10.2. The van der Waals surface area contributed by atoms with Gasteiger partial charge in [0.15, 0.2) is 0 Å². The summed E-state index contributed by atoms with van der Waals surface area (Å²) in [5.41, 5.74) is 1.54. The molecule has 1 N–H and O–H groups in total. The van der Waals surface area contributed by atoms with Crippen molar-refractivity contribution < 1.29 is 4.79 Å². The van der Waals surface area contributed by atoms with Gasteiger partial charge in [-0.3, -0.25) is 9.79 Å². The van der Waals surface area contributed by atoms with Crippen LogP contribution in [0.3, 0.4) is 0 Å². The number of amides is 1. The van der Waals surface area contributed by atoms with E-state index in [2.05, 4.69) is 32.8 Å². The first-order valence-corrected chi connectivity index (χ1v) is 4.24. The van der Waals surface area contributed by atoms with Crippen LogP contribution in [0.5, 0.6) is 0 Å². The zero-order valence-electron chi connectivity index (χ0n) is 6.72. The van der Waals surface area contributed by atoms with E-state index in [4.69, 9.17) is 0 Å². The van der Waals surface area contributed by atoms with Crippen LogP contribution in [0, 0.1) is 0 Å². The van der Waals surface area contributed by atoms with E-state index in [0.717, 1.165) is 15.8 Å². The molecule has 0 radical (unpaired) electrons. The molecule has 1 saturated heterocycles. The number of carbonyl (C=O) groups excluding carboxylic acids is 1. The second-order valence-electron chi connectivity index (χ2n) is 2.44. The highest BCUT2D eigenvalue weighted by atomic mass is 79.9. The second-order valence-corrected chi connectivity index (χ2v) is 3.29. The van der Waals surface area contributed by atoms with E-state index in [1.54, 1.807) is 13.3 Å². The van der Waals surface area contributed by atoms with Gasteiger partial charge in [-0.2, -0.15) is 0 Å². The zero-order chi connectivity index (χ0) is 9.14. The molecule has 0 unspecified atom stereocenters. The van der Waals surface area contributed by atoms with Crippen molar-refractivity contribution in [2.45, 2.75) is 6.42 Å². The van der Waals surface area contributed by atoms with Crippen molar-refractivity contribution in [1.82, 2.24) is 5.32 Å². The van der Waals surface area contributed by atoms with Crippen molar-refractivity contribution in [3.8, 4) is 0 Å². The Hall–Kier alpha value is -0.900. The third kappa shape index (κ3) is 1.82. The van der Waals surface area contributed by atoms with Gasteiger partial charge in [-0.1, -0.05) is 6.58 Å². The molecule has 0 bridgehead atoms. The molecule has 0 saturated carbocycles. The highest BCUT2D eigenvalue weighted by Gasteiger charge is 2.20. The minimum Gasteiger partial charge on any atom is -0.325 e. The summed E-state index contributed by atoms with van der Waals surface area (Å²) < 4.78 is 0.765. The minimum atomic E-state index is -0.0172. The minimum absolute atomic E-state index is 0.0172. The van der Waals surface area contributed by atoms with Crippen LogP contribution in [0.15, 0.2) is 27.3 Å². The van der Waals surface area contributed by atoms with Crippen molar-refractivity contribution in [1.29, 1.82) is 0 Å². The van der Waals surface area contributed by atoms with Crippen LogP contribution in [0.4, 0.5) is 0 Å². The molecule has 1 aliphatic heterocycles. The van der Waals surface area contributed by atoms with Crippen LogP contribution in [0.25, 0.3) is 0 Å². The number of nitrogens with one attached hydrogen (secondary N) is 1. The van der Waals surface area contributed by atoms with E-state index in [1.165, 1.54) is 0 Å². The quantitative estimate of drug-likeness (QED) is 0.678. The van der Waals surface area contributed by atoms with Gasteiger partial charge in [-0.25, -0.2) is 0 Å². The first-order chi connectivity index (χ1) is 5.65. The maximum absolute atomic E-state index is 10.9. The van der Waals surface area contributed by atoms with Crippen molar-refractivity contribution in [3.63, 3.8) is 0 Å². The molecule has 3 nitrogen and oxygen atoms in total. The van der Waals surface area contributed by atoms with E-state index in [1.807, 2.05) is 0 Å². The van der Waals surface area contributed by atoms with E-state index in [-0.39, 0.29) is 5.91 Å². The summed E-state index contributed by atoms with van der Waals surface area (Å²) in [6, 6.07) is 0. The largest absolute Gasteiger partial charge is 0.325 e. The lowest BCUT2D eigenvalue weighted by molar-refractivity contribution is -0.118. The van der Waals surface area contributed by atoms with Crippen molar-refractivity contribution in [3.05, 3.63) is 22.3 Å². The highest BCUT2D eigenvalue weighted by molar-refractivity contribution is 9.12. The molecule has 0 aromatic carbocycles. The molecule has 0 aromatic rings. The van der Waals surface area contributed by atoms with Gasteiger partial charge in [0.05, 0.1) is 16.6 Å². The molecule has 1 aliphatic rings. The lowest BCUT2D eigenvalue weighted by Crippen LogP contribution is -2.12. The molecule has 0 atom stereocenters. The van der Waals surface area contributed by atoms with Gasteiger partial charge < -0.3 is 5.32 Å². The Morgan fingerprint density at radius 2 is 2.50 bits per heavy atom. The molecule has 4 heteroatoms. The molecule has 0 spiro atoms. The highest BCUT2D eigenvalue weighted by Crippen LogP contribution is 2.22. The average Bonchev–Trinajstić information content (AvgIpc) is 2.30. The predicted octanol–water partition coefficient (Wildman–Crippen LogP) is 1.37. The third-order valence-electron chi connectivity index (χ3n) is 1.47. The average molecular weight is 229 g/mol. The molecule has 1 amide bonds. The summed E-state index contributed by atoms with van der Waals surface area (Å²) in [5, 5.41) is 2.69. The van der Waals surface area contributed by atoms with Crippen LogP contribution >= 0.6 is 15.9 Å². The number of aliphatic imine (C=N–C) groups is 1. The van der Waals surface area contributed by atoms with Gasteiger partial charge in [0.25, 0.3) is 0 Å². The predicted molar refractivity (Wildman–Crippen MR) is 52.3 cm³/mol. The molecule has 1 rings (SSSR count).